The molecule has 2 atom stereocenters. The van der Waals surface area contributed by atoms with Crippen LogP contribution in [0.15, 0.2) is 47.6 Å². The Morgan fingerprint density at radius 3 is 3.09 bits per heavy atom. The lowest BCUT2D eigenvalue weighted by molar-refractivity contribution is 0.233. The summed E-state index contributed by atoms with van der Waals surface area (Å²) in [6.07, 6.45) is 4.38. The first-order valence-electron chi connectivity index (χ1n) is 7.52. The molecule has 0 saturated carbocycles. The van der Waals surface area contributed by atoms with Crippen LogP contribution in [0.2, 0.25) is 5.02 Å². The maximum Gasteiger partial charge on any atom is 0.315 e. The van der Waals surface area contributed by atoms with E-state index in [0.717, 1.165) is 23.3 Å². The van der Waals surface area contributed by atoms with Crippen molar-refractivity contribution in [3.8, 4) is 0 Å². The van der Waals surface area contributed by atoms with Crippen LogP contribution in [0.5, 0.6) is 0 Å². The summed E-state index contributed by atoms with van der Waals surface area (Å²) in [6, 6.07) is 9.38. The summed E-state index contributed by atoms with van der Waals surface area (Å²) in [4.78, 5) is 17.6. The fourth-order valence-electron chi connectivity index (χ4n) is 2.63. The predicted molar refractivity (Wildman–Crippen MR) is 93.9 cm³/mol. The van der Waals surface area contributed by atoms with Gasteiger partial charge in [0.15, 0.2) is 0 Å². The number of carbonyl (C=O) groups is 1. The van der Waals surface area contributed by atoms with Crippen LogP contribution in [0, 0.1) is 0 Å². The van der Waals surface area contributed by atoms with E-state index >= 15 is 0 Å². The summed E-state index contributed by atoms with van der Waals surface area (Å²) in [7, 11) is 0. The number of hydrogen-bond acceptors (Lipinski definition) is 3. The Morgan fingerprint density at radius 2 is 2.30 bits per heavy atom. The van der Waals surface area contributed by atoms with Crippen molar-refractivity contribution in [2.45, 2.75) is 30.3 Å². The number of nitrogens with one attached hydrogen (secondary N) is 2. The van der Waals surface area contributed by atoms with E-state index < -0.39 is 0 Å². The second kappa shape index (κ2) is 7.23. The highest BCUT2D eigenvalue weighted by Crippen LogP contribution is 2.37. The molecule has 6 heteroatoms. The van der Waals surface area contributed by atoms with Gasteiger partial charge in [0.1, 0.15) is 0 Å². The standard InChI is InChI=1S/C17H18ClN3OS/c1-11(12-3-2-7-19-10-12)20-17(22)21-15-6-8-23-16-5-4-13(18)9-14(15)16/h2-5,7,9-11,15H,6,8H2,1H3,(H2,20,21,22)/t11-,15+/m0/s1. The SMILES string of the molecule is C[C@H](NC(=O)N[C@@H]1CCSc2ccc(Cl)cc21)c1cccnc1. The lowest BCUT2D eigenvalue weighted by Crippen LogP contribution is -2.40. The zero-order valence-corrected chi connectivity index (χ0v) is 14.3. The molecule has 0 aliphatic carbocycles. The third kappa shape index (κ3) is 3.98. The molecule has 2 amide bonds. The van der Waals surface area contributed by atoms with Crippen molar-refractivity contribution in [2.24, 2.45) is 0 Å². The monoisotopic (exact) mass is 347 g/mol. The average molecular weight is 348 g/mol. The number of urea groups is 1. The third-order valence-corrected chi connectivity index (χ3v) is 5.21. The van der Waals surface area contributed by atoms with Crippen LogP contribution in [0.25, 0.3) is 0 Å². The number of halogens is 1. The summed E-state index contributed by atoms with van der Waals surface area (Å²) in [5.74, 6) is 0.984. The van der Waals surface area contributed by atoms with Gasteiger partial charge in [-0.2, -0.15) is 0 Å². The van der Waals surface area contributed by atoms with Gasteiger partial charge >= 0.3 is 6.03 Å². The first kappa shape index (κ1) is 16.1. The maximum atomic E-state index is 12.3. The van der Waals surface area contributed by atoms with Gasteiger partial charge in [0, 0.05) is 28.1 Å². The highest BCUT2D eigenvalue weighted by Gasteiger charge is 2.23. The number of fused-ring (bicyclic) bond motifs is 1. The summed E-state index contributed by atoms with van der Waals surface area (Å²) in [6.45, 7) is 1.94. The van der Waals surface area contributed by atoms with E-state index in [0.29, 0.717) is 5.02 Å². The molecule has 0 radical (unpaired) electrons. The molecule has 0 fully saturated rings. The molecule has 0 saturated heterocycles. The topological polar surface area (TPSA) is 54.0 Å². The first-order valence-corrected chi connectivity index (χ1v) is 8.89. The van der Waals surface area contributed by atoms with Crippen LogP contribution in [0.3, 0.4) is 0 Å². The number of pyridine rings is 1. The van der Waals surface area contributed by atoms with E-state index in [1.165, 1.54) is 4.90 Å². The minimum atomic E-state index is -0.177. The Labute approximate surface area is 145 Å². The number of thioether (sulfide) groups is 1. The Balaban J connectivity index is 1.66. The van der Waals surface area contributed by atoms with E-state index in [2.05, 4.69) is 15.6 Å². The van der Waals surface area contributed by atoms with Gasteiger partial charge < -0.3 is 10.6 Å². The number of aromatic nitrogens is 1. The summed E-state index contributed by atoms with van der Waals surface area (Å²) < 4.78 is 0. The Kier molecular flexibility index (Phi) is 5.08. The highest BCUT2D eigenvalue weighted by molar-refractivity contribution is 7.99. The van der Waals surface area contributed by atoms with Gasteiger partial charge in [-0.1, -0.05) is 17.7 Å². The van der Waals surface area contributed by atoms with Gasteiger partial charge in [-0.25, -0.2) is 4.79 Å². The fourth-order valence-corrected chi connectivity index (χ4v) is 3.91. The lowest BCUT2D eigenvalue weighted by Gasteiger charge is -2.27. The van der Waals surface area contributed by atoms with Gasteiger partial charge in [0.2, 0.25) is 0 Å². The lowest BCUT2D eigenvalue weighted by atomic mass is 10.0. The Bertz CT molecular complexity index is 695. The van der Waals surface area contributed by atoms with Gasteiger partial charge in [0.05, 0.1) is 12.1 Å². The van der Waals surface area contributed by atoms with Crippen LogP contribution in [-0.2, 0) is 0 Å². The first-order chi connectivity index (χ1) is 11.1. The van der Waals surface area contributed by atoms with Crippen molar-refractivity contribution in [1.29, 1.82) is 0 Å². The number of carbonyl (C=O) groups excluding carboxylic acids is 1. The van der Waals surface area contributed by atoms with Crippen molar-refractivity contribution >= 4 is 29.4 Å². The minimum absolute atomic E-state index is 0.00829. The Morgan fingerprint density at radius 1 is 1.43 bits per heavy atom. The highest BCUT2D eigenvalue weighted by atomic mass is 35.5. The van der Waals surface area contributed by atoms with Crippen LogP contribution in [-0.4, -0.2) is 16.8 Å². The number of nitrogens with zero attached hydrogens (tertiary/aromatic N) is 1. The predicted octanol–water partition coefficient (Wildman–Crippen LogP) is 4.33. The van der Waals surface area contributed by atoms with Crippen LogP contribution >= 0.6 is 23.4 Å². The fraction of sp³-hybridized carbons (Fsp3) is 0.294. The quantitative estimate of drug-likeness (QED) is 0.868. The molecule has 1 aliphatic heterocycles. The minimum Gasteiger partial charge on any atom is -0.332 e. The molecule has 1 aliphatic rings. The molecule has 1 aromatic carbocycles. The molecular formula is C17H18ClN3OS. The van der Waals surface area contributed by atoms with Crippen molar-refractivity contribution in [3.05, 3.63) is 58.9 Å². The molecular weight excluding hydrogens is 330 g/mol. The molecule has 0 unspecified atom stereocenters. The summed E-state index contributed by atoms with van der Waals surface area (Å²) in [5, 5.41) is 6.72. The molecule has 3 rings (SSSR count). The van der Waals surface area contributed by atoms with Crippen LogP contribution < -0.4 is 10.6 Å². The number of rotatable bonds is 3. The van der Waals surface area contributed by atoms with E-state index in [9.17, 15) is 4.79 Å². The third-order valence-electron chi connectivity index (χ3n) is 3.85. The second-order valence-corrected chi connectivity index (χ2v) is 7.07. The summed E-state index contributed by atoms with van der Waals surface area (Å²) >= 11 is 7.90. The molecule has 120 valence electrons. The maximum absolute atomic E-state index is 12.3. The van der Waals surface area contributed by atoms with E-state index in [4.69, 9.17) is 11.6 Å². The molecule has 4 nitrogen and oxygen atoms in total. The second-order valence-electron chi connectivity index (χ2n) is 5.50. The van der Waals surface area contributed by atoms with Crippen molar-refractivity contribution in [2.75, 3.05) is 5.75 Å². The number of amides is 2. The molecule has 2 aromatic rings. The van der Waals surface area contributed by atoms with E-state index in [1.54, 1.807) is 24.2 Å². The molecule has 0 bridgehead atoms. The van der Waals surface area contributed by atoms with Crippen molar-refractivity contribution in [1.82, 2.24) is 15.6 Å². The van der Waals surface area contributed by atoms with E-state index in [-0.39, 0.29) is 18.1 Å². The molecule has 23 heavy (non-hydrogen) atoms. The Hall–Kier alpha value is -1.72. The molecule has 0 spiro atoms. The largest absolute Gasteiger partial charge is 0.332 e. The molecule has 1 aromatic heterocycles. The van der Waals surface area contributed by atoms with Gasteiger partial charge in [-0.15, -0.1) is 11.8 Å². The van der Waals surface area contributed by atoms with Gasteiger partial charge in [-0.05, 0) is 48.7 Å². The molecule has 2 heterocycles. The van der Waals surface area contributed by atoms with Crippen LogP contribution in [0.1, 0.15) is 36.6 Å². The number of hydrogen-bond donors (Lipinski definition) is 2. The van der Waals surface area contributed by atoms with Crippen LogP contribution in [0.4, 0.5) is 4.79 Å². The zero-order valence-electron chi connectivity index (χ0n) is 12.8. The molecule has 2 N–H and O–H groups in total. The smallest absolute Gasteiger partial charge is 0.315 e. The van der Waals surface area contributed by atoms with E-state index in [1.807, 2.05) is 37.3 Å². The normalized spacial score (nSPS) is 17.9. The van der Waals surface area contributed by atoms with Crippen molar-refractivity contribution < 1.29 is 4.79 Å². The van der Waals surface area contributed by atoms with Gasteiger partial charge in [0.25, 0.3) is 0 Å². The zero-order chi connectivity index (χ0) is 16.2. The average Bonchev–Trinajstić information content (AvgIpc) is 2.56. The van der Waals surface area contributed by atoms with Gasteiger partial charge in [-0.3, -0.25) is 4.98 Å². The summed E-state index contributed by atoms with van der Waals surface area (Å²) in [5.41, 5.74) is 2.07. The number of benzene rings is 1. The van der Waals surface area contributed by atoms with Crippen molar-refractivity contribution in [3.63, 3.8) is 0 Å².